The molecule has 0 saturated heterocycles. The van der Waals surface area contributed by atoms with Gasteiger partial charge >= 0.3 is 0 Å². The van der Waals surface area contributed by atoms with E-state index in [9.17, 15) is 9.59 Å². The maximum absolute atomic E-state index is 12.8. The van der Waals surface area contributed by atoms with Gasteiger partial charge in [0.2, 0.25) is 0 Å². The van der Waals surface area contributed by atoms with Crippen molar-refractivity contribution in [3.8, 4) is 0 Å². The van der Waals surface area contributed by atoms with Crippen LogP contribution in [0, 0.1) is 0 Å². The molecule has 0 amide bonds. The maximum atomic E-state index is 12.8. The second-order valence-corrected chi connectivity index (χ2v) is 9.40. The number of allylic oxidation sites excluding steroid dienone is 8. The lowest BCUT2D eigenvalue weighted by molar-refractivity contribution is -0.146. The van der Waals surface area contributed by atoms with Gasteiger partial charge in [-0.3, -0.25) is 9.59 Å². The van der Waals surface area contributed by atoms with Crippen molar-refractivity contribution in [1.29, 1.82) is 0 Å². The number of ether oxygens (including phenoxy) is 2. The molecule has 0 aromatic rings. The number of methoxy groups -OCH3 is 2. The van der Waals surface area contributed by atoms with E-state index in [4.69, 9.17) is 9.47 Å². The Labute approximate surface area is 201 Å². The number of Topliss-reactive ketones (excluding diaryl/α,β-unsaturated/α-hetero) is 2. The summed E-state index contributed by atoms with van der Waals surface area (Å²) >= 11 is 0. The Morgan fingerprint density at radius 3 is 1.58 bits per heavy atom. The molecule has 0 N–H and O–H groups in total. The van der Waals surface area contributed by atoms with E-state index < -0.39 is 12.2 Å². The highest BCUT2D eigenvalue weighted by molar-refractivity contribution is 6.16. The minimum atomic E-state index is -0.856. The molecule has 0 radical (unpaired) electrons. The molecule has 0 aromatic carbocycles. The number of rotatable bonds is 13. The van der Waals surface area contributed by atoms with Gasteiger partial charge < -0.3 is 9.47 Å². The number of carbonyl (C=O) groups excluding carboxylic acids is 2. The molecule has 33 heavy (non-hydrogen) atoms. The number of hydrogen-bond donors (Lipinski definition) is 0. The highest BCUT2D eigenvalue weighted by Crippen LogP contribution is 2.26. The van der Waals surface area contributed by atoms with Crippen molar-refractivity contribution in [2.24, 2.45) is 0 Å². The second-order valence-electron chi connectivity index (χ2n) is 9.40. The third-order valence-electron chi connectivity index (χ3n) is 6.23. The van der Waals surface area contributed by atoms with E-state index in [1.165, 1.54) is 36.5 Å². The van der Waals surface area contributed by atoms with Gasteiger partial charge in [-0.15, -0.1) is 0 Å². The second kappa shape index (κ2) is 15.0. The van der Waals surface area contributed by atoms with Crippen molar-refractivity contribution < 1.29 is 19.1 Å². The molecule has 0 fully saturated rings. The minimum absolute atomic E-state index is 0.148. The highest BCUT2D eigenvalue weighted by atomic mass is 16.5. The highest BCUT2D eigenvalue weighted by Gasteiger charge is 2.41. The van der Waals surface area contributed by atoms with Crippen LogP contribution in [0.15, 0.2) is 57.7 Å². The summed E-state index contributed by atoms with van der Waals surface area (Å²) < 4.78 is 10.5. The topological polar surface area (TPSA) is 52.6 Å². The van der Waals surface area contributed by atoms with Gasteiger partial charge in [0.05, 0.1) is 0 Å². The summed E-state index contributed by atoms with van der Waals surface area (Å²) in [6, 6.07) is 0. The Bertz CT molecular complexity index is 832. The predicted octanol–water partition coefficient (Wildman–Crippen LogP) is 7.02. The monoisotopic (exact) mass is 456 g/mol. The number of hydrogen-bond acceptors (Lipinski definition) is 4. The van der Waals surface area contributed by atoms with Crippen LogP contribution in [-0.4, -0.2) is 38.0 Å². The quantitative estimate of drug-likeness (QED) is 0.279. The largest absolute Gasteiger partial charge is 0.370 e. The lowest BCUT2D eigenvalue weighted by Gasteiger charge is -2.29. The van der Waals surface area contributed by atoms with E-state index in [1.807, 2.05) is 0 Å². The number of ketones is 2. The first kappa shape index (κ1) is 29.0. The lowest BCUT2D eigenvalue weighted by Crippen LogP contribution is -2.47. The molecule has 2 unspecified atom stereocenters. The fourth-order valence-electron chi connectivity index (χ4n) is 3.97. The van der Waals surface area contributed by atoms with Crippen molar-refractivity contribution >= 4 is 11.6 Å². The van der Waals surface area contributed by atoms with Gasteiger partial charge in [-0.2, -0.15) is 0 Å². The molecule has 0 spiro atoms. The molecule has 4 heteroatoms. The van der Waals surface area contributed by atoms with Crippen molar-refractivity contribution in [3.63, 3.8) is 0 Å². The Kier molecular flexibility index (Phi) is 13.2. The molecule has 0 aliphatic heterocycles. The average molecular weight is 457 g/mol. The predicted molar refractivity (Wildman–Crippen MR) is 137 cm³/mol. The van der Waals surface area contributed by atoms with Gasteiger partial charge in [0.25, 0.3) is 0 Å². The van der Waals surface area contributed by atoms with E-state index >= 15 is 0 Å². The summed E-state index contributed by atoms with van der Waals surface area (Å²) in [6.07, 6.45) is 14.1. The van der Waals surface area contributed by atoms with Crippen LogP contribution in [0.25, 0.3) is 0 Å². The van der Waals surface area contributed by atoms with Gasteiger partial charge in [-0.25, -0.2) is 0 Å². The van der Waals surface area contributed by atoms with Gasteiger partial charge in [-0.1, -0.05) is 46.6 Å². The summed E-state index contributed by atoms with van der Waals surface area (Å²) in [5.41, 5.74) is 6.51. The summed E-state index contributed by atoms with van der Waals surface area (Å²) in [5, 5.41) is 0. The van der Waals surface area contributed by atoms with Crippen LogP contribution in [0.1, 0.15) is 86.5 Å². The van der Waals surface area contributed by atoms with Crippen LogP contribution >= 0.6 is 0 Å². The SMILES string of the molecule is COC1C(=O)C(C)=C(C/C=C(\C)CC/C=C(\C)CC/C=C(\C)CCC=C(C)C)C(=O)C1OC. The molecular formula is C29H44O4. The average Bonchev–Trinajstić information content (AvgIpc) is 2.75. The summed E-state index contributed by atoms with van der Waals surface area (Å²) in [5.74, 6) is -0.310. The fourth-order valence-corrected chi connectivity index (χ4v) is 3.97. The standard InChI is InChI=1S/C29H44O4/c1-20(2)12-9-13-21(3)14-10-15-22(4)16-11-17-23(5)18-19-25-24(6)26(30)28(32-7)29(33-8)27(25)31/h12,14,16,18,28-29H,9-11,13,15,17,19H2,1-8H3/b21-14+,22-16+,23-18+. The van der Waals surface area contributed by atoms with E-state index in [2.05, 4.69) is 58.9 Å². The third-order valence-corrected chi connectivity index (χ3v) is 6.23. The van der Waals surface area contributed by atoms with Crippen LogP contribution in [0.5, 0.6) is 0 Å². The van der Waals surface area contributed by atoms with E-state index in [-0.39, 0.29) is 11.6 Å². The molecule has 1 rings (SSSR count). The van der Waals surface area contributed by atoms with Crippen LogP contribution < -0.4 is 0 Å². The zero-order valence-corrected chi connectivity index (χ0v) is 22.0. The minimum Gasteiger partial charge on any atom is -0.370 e. The van der Waals surface area contributed by atoms with Gasteiger partial charge in [0, 0.05) is 25.4 Å². The van der Waals surface area contributed by atoms with E-state index in [0.717, 1.165) is 38.5 Å². The van der Waals surface area contributed by atoms with Crippen molar-refractivity contribution in [2.75, 3.05) is 14.2 Å². The van der Waals surface area contributed by atoms with Gasteiger partial charge in [-0.05, 0) is 86.5 Å². The Morgan fingerprint density at radius 1 is 0.697 bits per heavy atom. The fraction of sp³-hybridized carbons (Fsp3) is 0.586. The van der Waals surface area contributed by atoms with Crippen LogP contribution in [-0.2, 0) is 19.1 Å². The molecular weight excluding hydrogens is 412 g/mol. The smallest absolute Gasteiger partial charge is 0.191 e. The first-order valence-electron chi connectivity index (χ1n) is 12.1. The molecule has 1 aliphatic carbocycles. The first-order chi connectivity index (χ1) is 15.6. The Morgan fingerprint density at radius 2 is 1.12 bits per heavy atom. The molecule has 0 bridgehead atoms. The normalized spacial score (nSPS) is 20.5. The summed E-state index contributed by atoms with van der Waals surface area (Å²) in [7, 11) is 2.88. The number of carbonyl (C=O) groups is 2. The molecule has 184 valence electrons. The maximum Gasteiger partial charge on any atom is 0.191 e. The summed E-state index contributed by atoms with van der Waals surface area (Å²) in [4.78, 5) is 25.3. The first-order valence-corrected chi connectivity index (χ1v) is 12.1. The van der Waals surface area contributed by atoms with Crippen molar-refractivity contribution in [2.45, 2.75) is 98.7 Å². The van der Waals surface area contributed by atoms with Crippen molar-refractivity contribution in [1.82, 2.24) is 0 Å². The molecule has 0 saturated carbocycles. The molecule has 0 aromatic heterocycles. The van der Waals surface area contributed by atoms with Gasteiger partial charge in [0.1, 0.15) is 0 Å². The van der Waals surface area contributed by atoms with E-state index in [1.54, 1.807) is 6.92 Å². The molecule has 1 aliphatic rings. The zero-order valence-electron chi connectivity index (χ0n) is 22.0. The molecule has 4 nitrogen and oxygen atoms in total. The third kappa shape index (κ3) is 9.77. The Balaban J connectivity index is 2.55. The zero-order chi connectivity index (χ0) is 25.0. The summed E-state index contributed by atoms with van der Waals surface area (Å²) in [6.45, 7) is 12.5. The molecule has 0 heterocycles. The molecule has 2 atom stereocenters. The van der Waals surface area contributed by atoms with Crippen LogP contribution in [0.2, 0.25) is 0 Å². The van der Waals surface area contributed by atoms with Gasteiger partial charge in [0.15, 0.2) is 23.8 Å². The van der Waals surface area contributed by atoms with Crippen LogP contribution in [0.4, 0.5) is 0 Å². The van der Waals surface area contributed by atoms with Crippen molar-refractivity contribution in [3.05, 3.63) is 57.7 Å². The van der Waals surface area contributed by atoms with E-state index in [0.29, 0.717) is 17.6 Å². The lowest BCUT2D eigenvalue weighted by atomic mass is 9.84. The van der Waals surface area contributed by atoms with Crippen LogP contribution in [0.3, 0.4) is 0 Å². The Hall–Kier alpha value is -2.04.